The predicted octanol–water partition coefficient (Wildman–Crippen LogP) is 3.93. The predicted molar refractivity (Wildman–Crippen MR) is 124 cm³/mol. The van der Waals surface area contributed by atoms with Gasteiger partial charge in [0.1, 0.15) is 12.4 Å². The van der Waals surface area contributed by atoms with Crippen LogP contribution in [0.4, 0.5) is 0 Å². The maximum absolute atomic E-state index is 5.84. The van der Waals surface area contributed by atoms with Crippen LogP contribution in [0.1, 0.15) is 17.5 Å². The van der Waals surface area contributed by atoms with Crippen molar-refractivity contribution in [2.24, 2.45) is 10.9 Å². The van der Waals surface area contributed by atoms with Crippen LogP contribution in [0.2, 0.25) is 0 Å². The zero-order valence-corrected chi connectivity index (χ0v) is 19.0. The number of guanidine groups is 1. The van der Waals surface area contributed by atoms with E-state index in [-0.39, 0.29) is 24.0 Å². The van der Waals surface area contributed by atoms with Crippen LogP contribution in [0, 0.1) is 5.92 Å². The molecule has 0 saturated carbocycles. The second-order valence-electron chi connectivity index (χ2n) is 6.93. The zero-order valence-electron chi connectivity index (χ0n) is 16.6. The highest BCUT2D eigenvalue weighted by Crippen LogP contribution is 2.15. The number of aliphatic imine (C=N–C) groups is 1. The summed E-state index contributed by atoms with van der Waals surface area (Å²) in [6.45, 7) is 4.01. The highest BCUT2D eigenvalue weighted by atomic mass is 127. The minimum atomic E-state index is 0. The Labute approximate surface area is 185 Å². The lowest BCUT2D eigenvalue weighted by Gasteiger charge is -2.24. The van der Waals surface area contributed by atoms with E-state index in [0.29, 0.717) is 12.5 Å². The third kappa shape index (κ3) is 6.98. The van der Waals surface area contributed by atoms with Gasteiger partial charge in [-0.2, -0.15) is 0 Å². The Balaban J connectivity index is 0.00000280. The van der Waals surface area contributed by atoms with Crippen molar-refractivity contribution < 1.29 is 9.47 Å². The van der Waals surface area contributed by atoms with Crippen LogP contribution in [0.5, 0.6) is 5.75 Å². The van der Waals surface area contributed by atoms with E-state index in [0.717, 1.165) is 44.4 Å². The summed E-state index contributed by atoms with van der Waals surface area (Å²) >= 11 is 0. The van der Waals surface area contributed by atoms with Gasteiger partial charge >= 0.3 is 0 Å². The SMILES string of the molecule is CN=C(NCc1ccc(OCc2ccccc2)cc1)N(C)CC1CCOC1.I. The average molecular weight is 495 g/mol. The fraction of sp³-hybridized carbons (Fsp3) is 0.409. The van der Waals surface area contributed by atoms with Crippen LogP contribution < -0.4 is 10.1 Å². The molecular weight excluding hydrogens is 465 g/mol. The molecule has 1 saturated heterocycles. The number of benzene rings is 2. The van der Waals surface area contributed by atoms with Gasteiger partial charge in [0.15, 0.2) is 5.96 Å². The molecule has 3 rings (SSSR count). The lowest BCUT2D eigenvalue weighted by atomic mass is 10.1. The Morgan fingerprint density at radius 2 is 1.89 bits per heavy atom. The zero-order chi connectivity index (χ0) is 18.9. The molecule has 0 spiro atoms. The Morgan fingerprint density at radius 1 is 1.14 bits per heavy atom. The van der Waals surface area contributed by atoms with Gasteiger partial charge in [-0.1, -0.05) is 42.5 Å². The third-order valence-corrected chi connectivity index (χ3v) is 4.75. The van der Waals surface area contributed by atoms with Gasteiger partial charge in [-0.15, -0.1) is 24.0 Å². The number of halogens is 1. The normalized spacial score (nSPS) is 16.4. The molecule has 2 aromatic rings. The lowest BCUT2D eigenvalue weighted by Crippen LogP contribution is -2.41. The van der Waals surface area contributed by atoms with Gasteiger partial charge in [-0.3, -0.25) is 4.99 Å². The second kappa shape index (κ2) is 11.9. The smallest absolute Gasteiger partial charge is 0.193 e. The van der Waals surface area contributed by atoms with E-state index in [2.05, 4.69) is 46.5 Å². The van der Waals surface area contributed by atoms with Gasteiger partial charge in [0.05, 0.1) is 6.61 Å². The molecule has 0 radical (unpaired) electrons. The van der Waals surface area contributed by atoms with Gasteiger partial charge < -0.3 is 19.7 Å². The van der Waals surface area contributed by atoms with Gasteiger partial charge in [-0.25, -0.2) is 0 Å². The van der Waals surface area contributed by atoms with E-state index in [1.165, 1.54) is 11.1 Å². The standard InChI is InChI=1S/C22H29N3O2.HI/c1-23-22(25(2)15-20-12-13-26-16-20)24-14-18-8-10-21(11-9-18)27-17-19-6-4-3-5-7-19;/h3-11,20H,12-17H2,1-2H3,(H,23,24);1H. The van der Waals surface area contributed by atoms with E-state index >= 15 is 0 Å². The Bertz CT molecular complexity index is 716. The Kier molecular flexibility index (Phi) is 9.57. The van der Waals surface area contributed by atoms with Crippen LogP contribution in [0.3, 0.4) is 0 Å². The number of ether oxygens (including phenoxy) is 2. The lowest BCUT2D eigenvalue weighted by molar-refractivity contribution is 0.181. The average Bonchev–Trinajstić information content (AvgIpc) is 3.21. The Hall–Kier alpha value is -1.80. The fourth-order valence-electron chi connectivity index (χ4n) is 3.21. The minimum Gasteiger partial charge on any atom is -0.489 e. The number of nitrogens with zero attached hydrogens (tertiary/aromatic N) is 2. The molecule has 0 aromatic heterocycles. The number of hydrogen-bond donors (Lipinski definition) is 1. The molecule has 152 valence electrons. The molecule has 1 aliphatic heterocycles. The van der Waals surface area contributed by atoms with E-state index in [1.807, 2.05) is 37.4 Å². The Morgan fingerprint density at radius 3 is 2.54 bits per heavy atom. The van der Waals surface area contributed by atoms with E-state index in [4.69, 9.17) is 9.47 Å². The fourth-order valence-corrected chi connectivity index (χ4v) is 3.21. The summed E-state index contributed by atoms with van der Waals surface area (Å²) in [5.41, 5.74) is 2.36. The first-order valence-corrected chi connectivity index (χ1v) is 9.50. The summed E-state index contributed by atoms with van der Waals surface area (Å²) in [5, 5.41) is 3.43. The van der Waals surface area contributed by atoms with E-state index in [1.54, 1.807) is 0 Å². The third-order valence-electron chi connectivity index (χ3n) is 4.75. The number of hydrogen-bond acceptors (Lipinski definition) is 3. The summed E-state index contributed by atoms with van der Waals surface area (Å²) in [5.74, 6) is 2.38. The maximum Gasteiger partial charge on any atom is 0.193 e. The van der Waals surface area contributed by atoms with Crippen molar-refractivity contribution in [1.82, 2.24) is 10.2 Å². The first-order chi connectivity index (χ1) is 13.2. The highest BCUT2D eigenvalue weighted by Gasteiger charge is 2.18. The van der Waals surface area contributed by atoms with Gasteiger partial charge in [0, 0.05) is 39.7 Å². The number of rotatable bonds is 7. The summed E-state index contributed by atoms with van der Waals surface area (Å²) in [7, 11) is 3.90. The molecule has 0 amide bonds. The summed E-state index contributed by atoms with van der Waals surface area (Å²) in [6.07, 6.45) is 1.13. The minimum absolute atomic E-state index is 0. The molecule has 5 nitrogen and oxygen atoms in total. The molecule has 1 atom stereocenters. The molecule has 1 fully saturated rings. The summed E-state index contributed by atoms with van der Waals surface area (Å²) in [4.78, 5) is 6.57. The van der Waals surface area contributed by atoms with E-state index < -0.39 is 0 Å². The van der Waals surface area contributed by atoms with Gasteiger partial charge in [0.25, 0.3) is 0 Å². The van der Waals surface area contributed by atoms with Crippen LogP contribution >= 0.6 is 24.0 Å². The first kappa shape index (κ1) is 22.5. The van der Waals surface area contributed by atoms with Crippen LogP contribution in [-0.4, -0.2) is 44.7 Å². The summed E-state index contributed by atoms with van der Waals surface area (Å²) < 4.78 is 11.3. The quantitative estimate of drug-likeness (QED) is 0.360. The molecule has 1 heterocycles. The molecule has 0 bridgehead atoms. The molecule has 0 aliphatic carbocycles. The van der Waals surface area contributed by atoms with Gasteiger partial charge in [0.2, 0.25) is 0 Å². The van der Waals surface area contributed by atoms with Crippen LogP contribution in [0.25, 0.3) is 0 Å². The maximum atomic E-state index is 5.84. The summed E-state index contributed by atoms with van der Waals surface area (Å²) in [6, 6.07) is 18.4. The van der Waals surface area contributed by atoms with Crippen LogP contribution in [-0.2, 0) is 17.9 Å². The van der Waals surface area contributed by atoms with Gasteiger partial charge in [-0.05, 0) is 29.7 Å². The molecule has 1 aliphatic rings. The van der Waals surface area contributed by atoms with Crippen molar-refractivity contribution in [3.63, 3.8) is 0 Å². The van der Waals surface area contributed by atoms with Crippen molar-refractivity contribution in [2.75, 3.05) is 33.9 Å². The van der Waals surface area contributed by atoms with Crippen molar-refractivity contribution in [2.45, 2.75) is 19.6 Å². The molecule has 2 aromatic carbocycles. The number of nitrogens with one attached hydrogen (secondary N) is 1. The van der Waals surface area contributed by atoms with Crippen LogP contribution in [0.15, 0.2) is 59.6 Å². The molecule has 28 heavy (non-hydrogen) atoms. The molecule has 1 unspecified atom stereocenters. The largest absolute Gasteiger partial charge is 0.489 e. The highest BCUT2D eigenvalue weighted by molar-refractivity contribution is 14.0. The topological polar surface area (TPSA) is 46.1 Å². The molecule has 1 N–H and O–H groups in total. The van der Waals surface area contributed by atoms with Crippen molar-refractivity contribution in [3.05, 3.63) is 65.7 Å². The monoisotopic (exact) mass is 495 g/mol. The van der Waals surface area contributed by atoms with E-state index in [9.17, 15) is 0 Å². The molecule has 6 heteroatoms. The molecular formula is C22H30IN3O2. The van der Waals surface area contributed by atoms with Crippen molar-refractivity contribution in [3.8, 4) is 5.75 Å². The first-order valence-electron chi connectivity index (χ1n) is 9.50. The van der Waals surface area contributed by atoms with Crippen molar-refractivity contribution in [1.29, 1.82) is 0 Å². The second-order valence-corrected chi connectivity index (χ2v) is 6.93. The van der Waals surface area contributed by atoms with Crippen molar-refractivity contribution >= 4 is 29.9 Å².